The Bertz CT molecular complexity index is 524. The molecule has 0 amide bonds. The molecular formula is C16H24O2S. The monoisotopic (exact) mass is 280 g/mol. The van der Waals surface area contributed by atoms with Gasteiger partial charge >= 0.3 is 0 Å². The predicted molar refractivity (Wildman–Crippen MR) is 82.0 cm³/mol. The van der Waals surface area contributed by atoms with Gasteiger partial charge in [-0.2, -0.15) is 0 Å². The molecular weight excluding hydrogens is 256 g/mol. The fourth-order valence-electron chi connectivity index (χ4n) is 2.35. The van der Waals surface area contributed by atoms with E-state index in [0.29, 0.717) is 12.8 Å². The number of rotatable bonds is 5. The van der Waals surface area contributed by atoms with E-state index in [-0.39, 0.29) is 0 Å². The van der Waals surface area contributed by atoms with Crippen molar-refractivity contribution in [3.63, 3.8) is 0 Å². The highest BCUT2D eigenvalue weighted by Gasteiger charge is 2.45. The molecule has 19 heavy (non-hydrogen) atoms. The lowest BCUT2D eigenvalue weighted by atomic mass is 9.97. The van der Waals surface area contributed by atoms with Crippen LogP contribution in [0.1, 0.15) is 39.7 Å². The fraction of sp³-hybridized carbons (Fsp3) is 0.500. The van der Waals surface area contributed by atoms with Crippen LogP contribution in [0.25, 0.3) is 0 Å². The van der Waals surface area contributed by atoms with Crippen LogP contribution < -0.4 is 0 Å². The molecule has 0 aromatic heterocycles. The molecule has 0 aliphatic heterocycles. The third-order valence-electron chi connectivity index (χ3n) is 3.45. The first-order chi connectivity index (χ1) is 8.64. The molecule has 0 unspecified atom stereocenters. The molecule has 1 rings (SSSR count). The first-order valence-corrected chi connectivity index (χ1v) is 8.01. The molecule has 1 aromatic carbocycles. The second-order valence-corrected chi connectivity index (χ2v) is 9.44. The molecule has 0 heterocycles. The highest BCUT2D eigenvalue weighted by atomic mass is 32.2. The zero-order chi connectivity index (χ0) is 14.7. The van der Waals surface area contributed by atoms with Crippen molar-refractivity contribution in [1.82, 2.24) is 0 Å². The van der Waals surface area contributed by atoms with Gasteiger partial charge in [0.05, 0.1) is 9.49 Å². The van der Waals surface area contributed by atoms with Gasteiger partial charge < -0.3 is 0 Å². The van der Waals surface area contributed by atoms with E-state index in [0.717, 1.165) is 5.56 Å². The van der Waals surface area contributed by atoms with Gasteiger partial charge in [0.2, 0.25) is 0 Å². The van der Waals surface area contributed by atoms with Crippen LogP contribution in [0.5, 0.6) is 0 Å². The second-order valence-electron chi connectivity index (χ2n) is 6.22. The van der Waals surface area contributed by atoms with Gasteiger partial charge in [0.15, 0.2) is 9.84 Å². The average Bonchev–Trinajstić information content (AvgIpc) is 2.28. The third kappa shape index (κ3) is 3.27. The fourth-order valence-corrected chi connectivity index (χ4v) is 4.52. The Hall–Kier alpha value is -1.09. The van der Waals surface area contributed by atoms with Crippen LogP contribution >= 0.6 is 0 Å². The van der Waals surface area contributed by atoms with Crippen molar-refractivity contribution in [2.75, 3.05) is 0 Å². The summed E-state index contributed by atoms with van der Waals surface area (Å²) in [7, 11) is -3.27. The summed E-state index contributed by atoms with van der Waals surface area (Å²) in [5, 5.41) is 0. The van der Waals surface area contributed by atoms with E-state index in [2.05, 4.69) is 6.58 Å². The number of benzene rings is 1. The van der Waals surface area contributed by atoms with Crippen LogP contribution in [0.15, 0.2) is 43.0 Å². The van der Waals surface area contributed by atoms with Gasteiger partial charge in [0.25, 0.3) is 0 Å². The van der Waals surface area contributed by atoms with E-state index < -0.39 is 19.3 Å². The molecule has 1 atom stereocenters. The molecule has 0 spiro atoms. The van der Waals surface area contributed by atoms with Crippen molar-refractivity contribution in [3.05, 3.63) is 48.6 Å². The van der Waals surface area contributed by atoms with Crippen LogP contribution in [-0.2, 0) is 16.3 Å². The summed E-state index contributed by atoms with van der Waals surface area (Å²) in [5.41, 5.74) is 1.04. The number of hydrogen-bond donors (Lipinski definition) is 0. The van der Waals surface area contributed by atoms with Gasteiger partial charge in [-0.25, -0.2) is 8.42 Å². The van der Waals surface area contributed by atoms with E-state index in [9.17, 15) is 8.42 Å². The number of allylic oxidation sites excluding steroid dienone is 1. The van der Waals surface area contributed by atoms with E-state index >= 15 is 0 Å². The Kier molecular flexibility index (Phi) is 4.62. The predicted octanol–water partition coefficient (Wildman–Crippen LogP) is 3.78. The van der Waals surface area contributed by atoms with Crippen molar-refractivity contribution >= 4 is 9.84 Å². The zero-order valence-electron chi connectivity index (χ0n) is 12.3. The third-order valence-corrected chi connectivity index (χ3v) is 6.67. The highest BCUT2D eigenvalue weighted by molar-refractivity contribution is 7.94. The minimum atomic E-state index is -3.27. The topological polar surface area (TPSA) is 34.1 Å². The van der Waals surface area contributed by atoms with Gasteiger partial charge in [-0.1, -0.05) is 36.4 Å². The largest absolute Gasteiger partial charge is 0.228 e. The first kappa shape index (κ1) is 16.0. The minimum Gasteiger partial charge on any atom is -0.228 e. The van der Waals surface area contributed by atoms with E-state index in [1.54, 1.807) is 26.8 Å². The lowest BCUT2D eigenvalue weighted by Crippen LogP contribution is -2.47. The molecule has 3 heteroatoms. The number of hydrogen-bond acceptors (Lipinski definition) is 2. The van der Waals surface area contributed by atoms with Gasteiger partial charge in [0.1, 0.15) is 0 Å². The van der Waals surface area contributed by atoms with Gasteiger partial charge in [0, 0.05) is 0 Å². The van der Waals surface area contributed by atoms with Crippen molar-refractivity contribution < 1.29 is 8.42 Å². The Labute approximate surface area is 117 Å². The Morgan fingerprint density at radius 1 is 1.11 bits per heavy atom. The Balaban J connectivity index is 3.22. The molecule has 0 radical (unpaired) electrons. The van der Waals surface area contributed by atoms with E-state index in [1.165, 1.54) is 0 Å². The average molecular weight is 280 g/mol. The maximum Gasteiger partial charge on any atom is 0.161 e. The van der Waals surface area contributed by atoms with Crippen molar-refractivity contribution in [2.45, 2.75) is 50.0 Å². The lowest BCUT2D eigenvalue weighted by molar-refractivity contribution is 0.496. The van der Waals surface area contributed by atoms with Crippen LogP contribution in [0.3, 0.4) is 0 Å². The van der Waals surface area contributed by atoms with Gasteiger partial charge in [-0.3, -0.25) is 0 Å². The highest BCUT2D eigenvalue weighted by Crippen LogP contribution is 2.35. The SMILES string of the molecule is C=CC[C@](C)(Cc1ccccc1)S(=O)(=O)C(C)(C)C. The molecule has 2 nitrogen and oxygen atoms in total. The summed E-state index contributed by atoms with van der Waals surface area (Å²) in [4.78, 5) is 0. The Morgan fingerprint density at radius 2 is 1.63 bits per heavy atom. The van der Waals surface area contributed by atoms with Crippen LogP contribution in [0.4, 0.5) is 0 Å². The molecule has 0 bridgehead atoms. The van der Waals surface area contributed by atoms with Gasteiger partial charge in [-0.05, 0) is 46.1 Å². The maximum atomic E-state index is 12.8. The van der Waals surface area contributed by atoms with Crippen molar-refractivity contribution in [3.8, 4) is 0 Å². The van der Waals surface area contributed by atoms with E-state index in [1.807, 2.05) is 37.3 Å². The van der Waals surface area contributed by atoms with Crippen LogP contribution in [0.2, 0.25) is 0 Å². The summed E-state index contributed by atoms with van der Waals surface area (Å²) < 4.78 is 24.1. The summed E-state index contributed by atoms with van der Waals surface area (Å²) in [6, 6.07) is 9.76. The maximum absolute atomic E-state index is 12.8. The normalized spacial score (nSPS) is 15.8. The summed E-state index contributed by atoms with van der Waals surface area (Å²) in [6.45, 7) is 10.8. The first-order valence-electron chi connectivity index (χ1n) is 6.53. The summed E-state index contributed by atoms with van der Waals surface area (Å²) >= 11 is 0. The molecule has 0 aliphatic rings. The van der Waals surface area contributed by atoms with E-state index in [4.69, 9.17) is 0 Å². The summed E-state index contributed by atoms with van der Waals surface area (Å²) in [6.07, 6.45) is 2.67. The molecule has 1 aromatic rings. The molecule has 0 N–H and O–H groups in total. The van der Waals surface area contributed by atoms with Crippen molar-refractivity contribution in [1.29, 1.82) is 0 Å². The molecule has 0 fully saturated rings. The molecule has 106 valence electrons. The minimum absolute atomic E-state index is 0.460. The summed E-state index contributed by atoms with van der Waals surface area (Å²) in [5.74, 6) is 0. The van der Waals surface area contributed by atoms with Crippen LogP contribution in [-0.4, -0.2) is 17.9 Å². The quantitative estimate of drug-likeness (QED) is 0.769. The molecule has 0 aliphatic carbocycles. The smallest absolute Gasteiger partial charge is 0.161 e. The number of sulfone groups is 1. The van der Waals surface area contributed by atoms with Crippen LogP contribution in [0, 0.1) is 0 Å². The van der Waals surface area contributed by atoms with Gasteiger partial charge in [-0.15, -0.1) is 6.58 Å². The molecule has 0 saturated heterocycles. The standard InChI is InChI=1S/C16H24O2S/c1-6-12-16(5,19(17,18)15(2,3)4)13-14-10-8-7-9-11-14/h6-11H,1,12-13H2,2-5H3/t16-/m1/s1. The Morgan fingerprint density at radius 3 is 2.05 bits per heavy atom. The molecule has 0 saturated carbocycles. The lowest BCUT2D eigenvalue weighted by Gasteiger charge is -2.35. The second kappa shape index (κ2) is 5.49. The van der Waals surface area contributed by atoms with Crippen molar-refractivity contribution in [2.24, 2.45) is 0 Å². The zero-order valence-corrected chi connectivity index (χ0v) is 13.1.